The third-order valence-electron chi connectivity index (χ3n) is 4.07. The highest BCUT2D eigenvalue weighted by Crippen LogP contribution is 2.12. The zero-order chi connectivity index (χ0) is 20.2. The molecule has 0 fully saturated rings. The lowest BCUT2D eigenvalue weighted by Crippen LogP contribution is -2.46. The van der Waals surface area contributed by atoms with Crippen LogP contribution in [0.4, 0.5) is 0 Å². The maximum Gasteiger partial charge on any atom is 0.191 e. The fourth-order valence-corrected chi connectivity index (χ4v) is 4.21. The molecule has 8 heteroatoms. The number of benzene rings is 2. The second-order valence-electron chi connectivity index (χ2n) is 6.27. The molecule has 6 nitrogen and oxygen atoms in total. The van der Waals surface area contributed by atoms with Crippen LogP contribution in [0.3, 0.4) is 0 Å². The number of halogens is 1. The van der Waals surface area contributed by atoms with E-state index in [0.717, 1.165) is 5.75 Å². The molecule has 0 aromatic heterocycles. The highest BCUT2D eigenvalue weighted by atomic mass is 127. The van der Waals surface area contributed by atoms with Gasteiger partial charge in [0.25, 0.3) is 0 Å². The Morgan fingerprint density at radius 1 is 1.03 bits per heavy atom. The quantitative estimate of drug-likeness (QED) is 0.213. The average Bonchev–Trinajstić information content (AvgIpc) is 2.72. The van der Waals surface area contributed by atoms with Crippen LogP contribution in [0.5, 0.6) is 5.75 Å². The standard InChI is InChI=1S/C21H29N3O3S.HI/c1-3-18(17-28(25,26)20-13-9-6-10-14-20)24-21(22-4-2)23-15-16-27-19-11-7-5-8-12-19;/h5-14,18H,3-4,15-17H2,1-2H3,(H2,22,23,24);1H. The lowest BCUT2D eigenvalue weighted by Gasteiger charge is -2.20. The molecule has 0 radical (unpaired) electrons. The highest BCUT2D eigenvalue weighted by Gasteiger charge is 2.20. The number of hydrogen-bond acceptors (Lipinski definition) is 4. The lowest BCUT2D eigenvalue weighted by atomic mass is 10.3. The van der Waals surface area contributed by atoms with Gasteiger partial charge in [0.1, 0.15) is 12.4 Å². The minimum atomic E-state index is -3.36. The maximum atomic E-state index is 12.6. The van der Waals surface area contributed by atoms with E-state index in [1.165, 1.54) is 0 Å². The maximum absolute atomic E-state index is 12.6. The number of hydrogen-bond donors (Lipinski definition) is 2. The molecule has 0 spiro atoms. The van der Waals surface area contributed by atoms with Gasteiger partial charge in [-0.3, -0.25) is 0 Å². The fourth-order valence-electron chi connectivity index (χ4n) is 2.60. The van der Waals surface area contributed by atoms with Crippen molar-refractivity contribution in [2.75, 3.05) is 25.4 Å². The zero-order valence-electron chi connectivity index (χ0n) is 16.9. The van der Waals surface area contributed by atoms with Gasteiger partial charge in [0, 0.05) is 12.6 Å². The van der Waals surface area contributed by atoms with Crippen LogP contribution in [-0.4, -0.2) is 45.9 Å². The summed E-state index contributed by atoms with van der Waals surface area (Å²) < 4.78 is 30.9. The molecule has 1 atom stereocenters. The molecule has 0 bridgehead atoms. The van der Waals surface area contributed by atoms with Gasteiger partial charge in [0.05, 0.1) is 17.2 Å². The number of aliphatic imine (C=N–C) groups is 1. The third-order valence-corrected chi connectivity index (χ3v) is 5.91. The number of ether oxygens (including phenoxy) is 1. The number of sulfone groups is 1. The summed E-state index contributed by atoms with van der Waals surface area (Å²) >= 11 is 0. The summed E-state index contributed by atoms with van der Waals surface area (Å²) in [7, 11) is -3.36. The molecule has 2 aromatic carbocycles. The van der Waals surface area contributed by atoms with E-state index >= 15 is 0 Å². The van der Waals surface area contributed by atoms with Gasteiger partial charge in [-0.25, -0.2) is 13.4 Å². The summed E-state index contributed by atoms with van der Waals surface area (Å²) in [5, 5.41) is 6.39. The van der Waals surface area contributed by atoms with Crippen LogP contribution in [0.2, 0.25) is 0 Å². The molecule has 0 saturated carbocycles. The molecule has 2 rings (SSSR count). The first kappa shape index (κ1) is 25.2. The Hall–Kier alpha value is -1.81. The van der Waals surface area contributed by atoms with Crippen LogP contribution in [0.1, 0.15) is 20.3 Å². The van der Waals surface area contributed by atoms with Crippen molar-refractivity contribution in [2.24, 2.45) is 4.99 Å². The molecule has 0 heterocycles. The van der Waals surface area contributed by atoms with E-state index in [1.54, 1.807) is 24.3 Å². The summed E-state index contributed by atoms with van der Waals surface area (Å²) in [6.45, 7) is 5.53. The molecule has 0 amide bonds. The summed E-state index contributed by atoms with van der Waals surface area (Å²) in [4.78, 5) is 4.83. The molecule has 160 valence electrons. The van der Waals surface area contributed by atoms with E-state index in [2.05, 4.69) is 15.6 Å². The Balaban J connectivity index is 0.00000420. The molecule has 29 heavy (non-hydrogen) atoms. The smallest absolute Gasteiger partial charge is 0.191 e. The predicted octanol–water partition coefficient (Wildman–Crippen LogP) is 3.49. The van der Waals surface area contributed by atoms with Crippen molar-refractivity contribution in [3.05, 3.63) is 60.7 Å². The minimum absolute atomic E-state index is 0. The topological polar surface area (TPSA) is 79.8 Å². The summed E-state index contributed by atoms with van der Waals surface area (Å²) in [6.07, 6.45) is 0.664. The van der Waals surface area contributed by atoms with Crippen molar-refractivity contribution in [2.45, 2.75) is 31.2 Å². The van der Waals surface area contributed by atoms with E-state index in [1.807, 2.05) is 50.2 Å². The fraction of sp³-hybridized carbons (Fsp3) is 0.381. The third kappa shape index (κ3) is 9.03. The van der Waals surface area contributed by atoms with Crippen molar-refractivity contribution in [3.8, 4) is 5.75 Å². The molecule has 0 aliphatic heterocycles. The van der Waals surface area contributed by atoms with Crippen molar-refractivity contribution >= 4 is 39.8 Å². The molecule has 1 unspecified atom stereocenters. The first-order chi connectivity index (χ1) is 13.5. The van der Waals surface area contributed by atoms with Gasteiger partial charge in [-0.15, -0.1) is 24.0 Å². The van der Waals surface area contributed by atoms with Gasteiger partial charge in [0.2, 0.25) is 0 Å². The van der Waals surface area contributed by atoms with E-state index < -0.39 is 9.84 Å². The molecule has 0 aliphatic rings. The second-order valence-corrected chi connectivity index (χ2v) is 8.30. The van der Waals surface area contributed by atoms with Crippen molar-refractivity contribution < 1.29 is 13.2 Å². The highest BCUT2D eigenvalue weighted by molar-refractivity contribution is 14.0. The van der Waals surface area contributed by atoms with E-state index in [0.29, 0.717) is 37.0 Å². The second kappa shape index (κ2) is 13.4. The molecule has 2 N–H and O–H groups in total. The first-order valence-corrected chi connectivity index (χ1v) is 11.2. The van der Waals surface area contributed by atoms with E-state index in [-0.39, 0.29) is 35.8 Å². The van der Waals surface area contributed by atoms with E-state index in [4.69, 9.17) is 4.74 Å². The summed E-state index contributed by atoms with van der Waals surface area (Å²) in [5.74, 6) is 1.41. The first-order valence-electron chi connectivity index (χ1n) is 9.55. The Bertz CT molecular complexity index is 831. The largest absolute Gasteiger partial charge is 0.492 e. The van der Waals surface area contributed by atoms with Crippen LogP contribution in [0.15, 0.2) is 70.6 Å². The predicted molar refractivity (Wildman–Crippen MR) is 129 cm³/mol. The Kier molecular flexibility index (Phi) is 11.7. The zero-order valence-corrected chi connectivity index (χ0v) is 20.0. The van der Waals surface area contributed by atoms with Gasteiger partial charge in [-0.05, 0) is 37.6 Å². The monoisotopic (exact) mass is 531 g/mol. The number of nitrogens with one attached hydrogen (secondary N) is 2. The van der Waals surface area contributed by atoms with Gasteiger partial charge in [0.15, 0.2) is 15.8 Å². The SMILES string of the molecule is CCNC(=NCCOc1ccccc1)NC(CC)CS(=O)(=O)c1ccccc1.I. The van der Waals surface area contributed by atoms with Gasteiger partial charge < -0.3 is 15.4 Å². The minimum Gasteiger partial charge on any atom is -0.492 e. The normalized spacial score (nSPS) is 12.6. The molecule has 0 aliphatic carbocycles. The molecule has 2 aromatic rings. The van der Waals surface area contributed by atoms with Gasteiger partial charge >= 0.3 is 0 Å². The molecule has 0 saturated heterocycles. The van der Waals surface area contributed by atoms with Gasteiger partial charge in [-0.1, -0.05) is 43.3 Å². The van der Waals surface area contributed by atoms with Crippen LogP contribution in [0.25, 0.3) is 0 Å². The molecular formula is C21H30IN3O3S. The van der Waals surface area contributed by atoms with Gasteiger partial charge in [-0.2, -0.15) is 0 Å². The number of para-hydroxylation sites is 1. The van der Waals surface area contributed by atoms with Crippen molar-refractivity contribution in [3.63, 3.8) is 0 Å². The Morgan fingerprint density at radius 2 is 1.66 bits per heavy atom. The van der Waals surface area contributed by atoms with Crippen LogP contribution in [0, 0.1) is 0 Å². The molecular weight excluding hydrogens is 501 g/mol. The average molecular weight is 531 g/mol. The Morgan fingerprint density at radius 3 is 2.24 bits per heavy atom. The van der Waals surface area contributed by atoms with Crippen LogP contribution >= 0.6 is 24.0 Å². The van der Waals surface area contributed by atoms with Crippen molar-refractivity contribution in [1.29, 1.82) is 0 Å². The lowest BCUT2D eigenvalue weighted by molar-refractivity contribution is 0.328. The van der Waals surface area contributed by atoms with Crippen LogP contribution < -0.4 is 15.4 Å². The Labute approximate surface area is 191 Å². The van der Waals surface area contributed by atoms with Crippen molar-refractivity contribution in [1.82, 2.24) is 10.6 Å². The number of guanidine groups is 1. The summed E-state index contributed by atoms with van der Waals surface area (Å²) in [5.41, 5.74) is 0. The summed E-state index contributed by atoms with van der Waals surface area (Å²) in [6, 6.07) is 17.9. The van der Waals surface area contributed by atoms with E-state index in [9.17, 15) is 8.42 Å². The van der Waals surface area contributed by atoms with Crippen LogP contribution in [-0.2, 0) is 9.84 Å². The number of rotatable bonds is 10. The number of nitrogens with zero attached hydrogens (tertiary/aromatic N) is 1.